The van der Waals surface area contributed by atoms with Crippen molar-refractivity contribution in [3.63, 3.8) is 0 Å². The number of pyridine rings is 2. The highest BCUT2D eigenvalue weighted by Crippen LogP contribution is 2.34. The molecule has 140 valence electrons. The summed E-state index contributed by atoms with van der Waals surface area (Å²) >= 11 is 0. The maximum Gasteiger partial charge on any atom is 0.339 e. The topological polar surface area (TPSA) is 56.5 Å². The molecule has 0 spiro atoms. The second-order valence-electron chi connectivity index (χ2n) is 6.36. The molecule has 0 aliphatic rings. The molecular weight excluding hydrogens is 357 g/mol. The van der Waals surface area contributed by atoms with Gasteiger partial charge in [-0.1, -0.05) is 18.2 Å². The number of carbonyl (C=O) groups excluding carboxylic acids is 1. The van der Waals surface area contributed by atoms with Gasteiger partial charge in [-0.15, -0.1) is 0 Å². The maximum atomic E-state index is 13.4. The average molecular weight is 375 g/mol. The van der Waals surface area contributed by atoms with Crippen LogP contribution < -0.4 is 0 Å². The molecule has 0 unspecified atom stereocenters. The number of nitrogens with zero attached hydrogens (tertiary/aromatic N) is 3. The van der Waals surface area contributed by atoms with Crippen LogP contribution in [0.3, 0.4) is 0 Å². The normalized spacial score (nSPS) is 11.0. The molecule has 6 heteroatoms. The molecule has 0 bridgehead atoms. The van der Waals surface area contributed by atoms with E-state index in [4.69, 9.17) is 4.74 Å². The minimum absolute atomic E-state index is 0.301. The summed E-state index contributed by atoms with van der Waals surface area (Å²) in [7, 11) is 0. The number of aryl methyl sites for hydroxylation is 1. The fraction of sp³-hybridized carbons (Fsp3) is 0.136. The van der Waals surface area contributed by atoms with Crippen molar-refractivity contribution in [3.8, 4) is 22.5 Å². The number of halogens is 1. The van der Waals surface area contributed by atoms with Crippen molar-refractivity contribution < 1.29 is 13.9 Å². The molecule has 5 nitrogen and oxygen atoms in total. The Morgan fingerprint density at radius 2 is 1.89 bits per heavy atom. The summed E-state index contributed by atoms with van der Waals surface area (Å²) in [4.78, 5) is 16.7. The third-order valence-electron chi connectivity index (χ3n) is 4.40. The van der Waals surface area contributed by atoms with E-state index >= 15 is 0 Å². The molecule has 3 aromatic heterocycles. The van der Waals surface area contributed by atoms with E-state index in [0.29, 0.717) is 23.6 Å². The van der Waals surface area contributed by atoms with Gasteiger partial charge in [0, 0.05) is 17.5 Å². The first kappa shape index (κ1) is 17.9. The van der Waals surface area contributed by atoms with Crippen LogP contribution in [0.25, 0.3) is 28.0 Å². The zero-order valence-electron chi connectivity index (χ0n) is 15.5. The molecule has 0 amide bonds. The highest BCUT2D eigenvalue weighted by atomic mass is 19.1. The molecule has 0 saturated heterocycles. The van der Waals surface area contributed by atoms with E-state index in [0.717, 1.165) is 22.3 Å². The Hall–Kier alpha value is -3.54. The third-order valence-corrected chi connectivity index (χ3v) is 4.40. The number of benzene rings is 1. The van der Waals surface area contributed by atoms with Crippen molar-refractivity contribution >= 4 is 11.5 Å². The molecule has 0 aliphatic carbocycles. The first-order valence-electron chi connectivity index (χ1n) is 8.96. The lowest BCUT2D eigenvalue weighted by atomic mass is 10.0. The van der Waals surface area contributed by atoms with Gasteiger partial charge < -0.3 is 4.74 Å². The Labute approximate surface area is 161 Å². The number of esters is 1. The molecule has 3 heterocycles. The summed E-state index contributed by atoms with van der Waals surface area (Å²) in [5.74, 6) is -0.710. The van der Waals surface area contributed by atoms with E-state index in [1.807, 2.05) is 31.2 Å². The Kier molecular flexibility index (Phi) is 4.61. The van der Waals surface area contributed by atoms with Crippen molar-refractivity contribution in [1.29, 1.82) is 0 Å². The van der Waals surface area contributed by atoms with Crippen molar-refractivity contribution in [2.24, 2.45) is 0 Å². The molecule has 28 heavy (non-hydrogen) atoms. The zero-order valence-corrected chi connectivity index (χ0v) is 15.5. The van der Waals surface area contributed by atoms with E-state index in [-0.39, 0.29) is 5.82 Å². The van der Waals surface area contributed by atoms with Crippen molar-refractivity contribution in [2.45, 2.75) is 13.8 Å². The van der Waals surface area contributed by atoms with E-state index in [2.05, 4.69) is 10.1 Å². The van der Waals surface area contributed by atoms with E-state index in [9.17, 15) is 9.18 Å². The maximum absolute atomic E-state index is 13.4. The fourth-order valence-electron chi connectivity index (χ4n) is 3.14. The van der Waals surface area contributed by atoms with Crippen LogP contribution >= 0.6 is 0 Å². The molecular formula is C22H18FN3O2. The summed E-state index contributed by atoms with van der Waals surface area (Å²) in [6, 6.07) is 15.5. The number of hydrogen-bond acceptors (Lipinski definition) is 4. The van der Waals surface area contributed by atoms with Crippen LogP contribution in [-0.4, -0.2) is 27.2 Å². The zero-order chi connectivity index (χ0) is 19.7. The van der Waals surface area contributed by atoms with Gasteiger partial charge in [0.1, 0.15) is 11.5 Å². The van der Waals surface area contributed by atoms with Crippen LogP contribution in [0.2, 0.25) is 0 Å². The van der Waals surface area contributed by atoms with Crippen molar-refractivity contribution in [2.75, 3.05) is 6.61 Å². The first-order valence-corrected chi connectivity index (χ1v) is 8.96. The van der Waals surface area contributed by atoms with Gasteiger partial charge in [-0.25, -0.2) is 13.7 Å². The van der Waals surface area contributed by atoms with Crippen LogP contribution in [0.5, 0.6) is 0 Å². The van der Waals surface area contributed by atoms with Gasteiger partial charge in [0.2, 0.25) is 0 Å². The number of fused-ring (bicyclic) bond motifs is 1. The first-order chi connectivity index (χ1) is 13.6. The number of hydrogen-bond donors (Lipinski definition) is 0. The number of ether oxygens (including phenoxy) is 1. The number of aromatic nitrogens is 3. The van der Waals surface area contributed by atoms with Crippen LogP contribution in [0.15, 0.2) is 60.8 Å². The fourth-order valence-corrected chi connectivity index (χ4v) is 3.14. The summed E-state index contributed by atoms with van der Waals surface area (Å²) in [5, 5.41) is 4.68. The Balaban J connectivity index is 1.96. The summed E-state index contributed by atoms with van der Waals surface area (Å²) in [5.41, 5.74) is 5.08. The van der Waals surface area contributed by atoms with Crippen molar-refractivity contribution in [1.82, 2.24) is 14.6 Å². The average Bonchev–Trinajstić information content (AvgIpc) is 3.07. The molecule has 0 atom stereocenters. The van der Waals surface area contributed by atoms with E-state index in [1.165, 1.54) is 12.1 Å². The number of rotatable bonds is 4. The van der Waals surface area contributed by atoms with Gasteiger partial charge in [-0.2, -0.15) is 5.10 Å². The Morgan fingerprint density at radius 1 is 1.11 bits per heavy atom. The molecule has 4 aromatic rings. The van der Waals surface area contributed by atoms with Gasteiger partial charge in [-0.05, 0) is 55.8 Å². The van der Waals surface area contributed by atoms with E-state index in [1.54, 1.807) is 35.8 Å². The van der Waals surface area contributed by atoms with Gasteiger partial charge in [0.25, 0.3) is 0 Å². The van der Waals surface area contributed by atoms with Crippen LogP contribution in [0, 0.1) is 12.7 Å². The molecule has 0 saturated carbocycles. The highest BCUT2D eigenvalue weighted by Gasteiger charge is 2.19. The third kappa shape index (κ3) is 3.24. The lowest BCUT2D eigenvalue weighted by molar-refractivity contribution is 0.0525. The molecule has 0 fully saturated rings. The smallest absolute Gasteiger partial charge is 0.339 e. The minimum atomic E-state index is -0.404. The lowest BCUT2D eigenvalue weighted by Crippen LogP contribution is -2.06. The van der Waals surface area contributed by atoms with Crippen molar-refractivity contribution in [3.05, 3.63) is 77.9 Å². The lowest BCUT2D eigenvalue weighted by Gasteiger charge is -2.05. The Bertz CT molecular complexity index is 1170. The van der Waals surface area contributed by atoms with Gasteiger partial charge in [-0.3, -0.25) is 4.98 Å². The standard InChI is InChI=1S/C22H18FN3O2/c1-3-28-22(27)16-9-12-19-20(15-7-10-17(23)11-8-15)21(25-26(19)13-16)18-6-4-5-14(2)24-18/h4-13H,3H2,1-2H3. The quantitative estimate of drug-likeness (QED) is 0.486. The predicted molar refractivity (Wildman–Crippen MR) is 105 cm³/mol. The SMILES string of the molecule is CCOC(=O)c1ccc2c(-c3ccc(F)cc3)c(-c3cccc(C)n3)nn2c1. The van der Waals surface area contributed by atoms with Crippen LogP contribution in [0.4, 0.5) is 4.39 Å². The largest absolute Gasteiger partial charge is 0.462 e. The van der Waals surface area contributed by atoms with Gasteiger partial charge >= 0.3 is 5.97 Å². The van der Waals surface area contributed by atoms with Gasteiger partial charge in [0.05, 0.1) is 23.4 Å². The summed E-state index contributed by atoms with van der Waals surface area (Å²) < 4.78 is 20.2. The minimum Gasteiger partial charge on any atom is -0.462 e. The Morgan fingerprint density at radius 3 is 2.61 bits per heavy atom. The number of carbonyl (C=O) groups is 1. The highest BCUT2D eigenvalue weighted by molar-refractivity contribution is 5.94. The second-order valence-corrected chi connectivity index (χ2v) is 6.36. The molecule has 0 N–H and O–H groups in total. The van der Waals surface area contributed by atoms with Crippen LogP contribution in [-0.2, 0) is 4.74 Å². The predicted octanol–water partition coefficient (Wildman–Crippen LogP) is 4.69. The van der Waals surface area contributed by atoms with Crippen LogP contribution in [0.1, 0.15) is 23.0 Å². The summed E-state index contributed by atoms with van der Waals surface area (Å²) in [6.45, 7) is 3.98. The monoisotopic (exact) mass is 375 g/mol. The van der Waals surface area contributed by atoms with Gasteiger partial charge in [0.15, 0.2) is 0 Å². The second kappa shape index (κ2) is 7.23. The molecule has 0 aliphatic heterocycles. The molecule has 0 radical (unpaired) electrons. The van der Waals surface area contributed by atoms with E-state index < -0.39 is 5.97 Å². The molecule has 4 rings (SSSR count). The molecule has 1 aromatic carbocycles. The summed E-state index contributed by atoms with van der Waals surface area (Å²) in [6.07, 6.45) is 1.64.